The van der Waals surface area contributed by atoms with E-state index < -0.39 is 0 Å². The van der Waals surface area contributed by atoms with E-state index in [1.807, 2.05) is 0 Å². The Morgan fingerprint density at radius 3 is 1.45 bits per heavy atom. The molecule has 0 aliphatic carbocycles. The fourth-order valence-electron chi connectivity index (χ4n) is 8.60. The third-order valence-electron chi connectivity index (χ3n) is 10.6. The van der Waals surface area contributed by atoms with Crippen LogP contribution in [0.15, 0.2) is 174 Å². The monoisotopic (exact) mass is 620 g/mol. The minimum Gasteiger partial charge on any atom is -0.456 e. The van der Waals surface area contributed by atoms with Gasteiger partial charge in [-0.2, -0.15) is 0 Å². The van der Waals surface area contributed by atoms with Crippen molar-refractivity contribution in [2.45, 2.75) is 0 Å². The molecule has 226 valence electrons. The number of furan rings is 1. The van der Waals surface area contributed by atoms with Crippen LogP contribution in [0.25, 0.3) is 109 Å². The molecule has 1 heterocycles. The van der Waals surface area contributed by atoms with Crippen LogP contribution in [0.3, 0.4) is 0 Å². The van der Waals surface area contributed by atoms with Crippen LogP contribution in [0.4, 0.5) is 0 Å². The van der Waals surface area contributed by atoms with Gasteiger partial charge in [0.05, 0.1) is 0 Å². The van der Waals surface area contributed by atoms with Crippen LogP contribution in [0, 0.1) is 0 Å². The van der Waals surface area contributed by atoms with Crippen LogP contribution in [-0.2, 0) is 0 Å². The Morgan fingerprint density at radius 2 is 0.735 bits per heavy atom. The summed E-state index contributed by atoms with van der Waals surface area (Å²) in [5, 5.41) is 14.9. The number of hydrogen-bond donors (Lipinski definition) is 0. The molecule has 0 saturated carbocycles. The molecule has 0 aliphatic rings. The fourth-order valence-corrected chi connectivity index (χ4v) is 8.60. The molecule has 1 heteroatoms. The largest absolute Gasteiger partial charge is 0.456 e. The summed E-state index contributed by atoms with van der Waals surface area (Å²) in [6.45, 7) is 0. The molecule has 0 amide bonds. The zero-order valence-electron chi connectivity index (χ0n) is 26.6. The molecule has 1 nitrogen and oxygen atoms in total. The second-order valence-corrected chi connectivity index (χ2v) is 13.1. The smallest absolute Gasteiger partial charge is 0.136 e. The molecular formula is C48H28O. The van der Waals surface area contributed by atoms with Gasteiger partial charge in [-0.05, 0) is 112 Å². The molecule has 0 N–H and O–H groups in total. The maximum atomic E-state index is 6.37. The lowest BCUT2D eigenvalue weighted by atomic mass is 9.82. The van der Waals surface area contributed by atoms with E-state index in [9.17, 15) is 0 Å². The Morgan fingerprint density at radius 1 is 0.265 bits per heavy atom. The van der Waals surface area contributed by atoms with Gasteiger partial charge in [-0.15, -0.1) is 0 Å². The number of benzene rings is 10. The average molecular weight is 621 g/mol. The van der Waals surface area contributed by atoms with Crippen LogP contribution in [-0.4, -0.2) is 0 Å². The van der Waals surface area contributed by atoms with Crippen molar-refractivity contribution in [2.75, 3.05) is 0 Å². The standard InChI is InChI=1S/C48H28O/c1-2-15-31-29(13-1)27-41(33-17-4-3-16-32(31)33)34-18-5-6-19-35(34)46-36-20-7-9-22-38(36)47(39-23-10-8-21-37(39)46)42-28-30-14-11-25-43-45(30)48-40(42)24-12-26-44(48)49-43/h1-28H. The molecule has 0 aliphatic heterocycles. The summed E-state index contributed by atoms with van der Waals surface area (Å²) in [6.07, 6.45) is 0. The van der Waals surface area contributed by atoms with Crippen molar-refractivity contribution in [3.8, 4) is 33.4 Å². The molecule has 0 spiro atoms. The lowest BCUT2D eigenvalue weighted by Crippen LogP contribution is -1.94. The van der Waals surface area contributed by atoms with Gasteiger partial charge in [0.25, 0.3) is 0 Å². The quantitative estimate of drug-likeness (QED) is 0.141. The van der Waals surface area contributed by atoms with Gasteiger partial charge in [-0.25, -0.2) is 0 Å². The second-order valence-electron chi connectivity index (χ2n) is 13.1. The molecule has 0 saturated heterocycles. The lowest BCUT2D eigenvalue weighted by molar-refractivity contribution is 0.669. The van der Waals surface area contributed by atoms with Crippen molar-refractivity contribution < 1.29 is 4.42 Å². The normalized spacial score (nSPS) is 12.1. The van der Waals surface area contributed by atoms with Crippen molar-refractivity contribution in [1.29, 1.82) is 0 Å². The SMILES string of the molecule is c1ccc(-c2cc3ccccc3c3ccccc23)c(-c2c3ccccc3c(-c3cc4cccc5oc6cccc3c6c45)c3ccccc23)c1. The molecule has 0 bridgehead atoms. The highest BCUT2D eigenvalue weighted by atomic mass is 16.3. The summed E-state index contributed by atoms with van der Waals surface area (Å²) < 4.78 is 6.37. The van der Waals surface area contributed by atoms with E-state index in [1.54, 1.807) is 0 Å². The van der Waals surface area contributed by atoms with Crippen molar-refractivity contribution >= 4 is 75.8 Å². The van der Waals surface area contributed by atoms with Gasteiger partial charge in [0.15, 0.2) is 0 Å². The van der Waals surface area contributed by atoms with Crippen LogP contribution >= 0.6 is 0 Å². The Kier molecular flexibility index (Phi) is 5.45. The fraction of sp³-hybridized carbons (Fsp3) is 0. The Hall–Kier alpha value is -6.44. The van der Waals surface area contributed by atoms with Gasteiger partial charge in [-0.3, -0.25) is 0 Å². The van der Waals surface area contributed by atoms with Crippen molar-refractivity contribution in [3.05, 3.63) is 170 Å². The number of fused-ring (bicyclic) bond motifs is 5. The minimum absolute atomic E-state index is 0.937. The first kappa shape index (κ1) is 26.6. The van der Waals surface area contributed by atoms with E-state index in [2.05, 4.69) is 170 Å². The first-order valence-corrected chi connectivity index (χ1v) is 16.9. The zero-order valence-corrected chi connectivity index (χ0v) is 26.6. The number of hydrogen-bond acceptors (Lipinski definition) is 1. The average Bonchev–Trinajstić information content (AvgIpc) is 3.56. The molecule has 1 aromatic heterocycles. The molecular weight excluding hydrogens is 593 g/mol. The van der Waals surface area contributed by atoms with E-state index in [1.165, 1.54) is 98.0 Å². The maximum absolute atomic E-state index is 6.37. The van der Waals surface area contributed by atoms with E-state index in [-0.39, 0.29) is 0 Å². The summed E-state index contributed by atoms with van der Waals surface area (Å²) >= 11 is 0. The minimum atomic E-state index is 0.937. The highest BCUT2D eigenvalue weighted by Gasteiger charge is 2.23. The van der Waals surface area contributed by atoms with Crippen LogP contribution in [0.5, 0.6) is 0 Å². The molecule has 11 aromatic rings. The molecule has 0 fully saturated rings. The lowest BCUT2D eigenvalue weighted by Gasteiger charge is -2.21. The van der Waals surface area contributed by atoms with Crippen LogP contribution in [0.1, 0.15) is 0 Å². The second kappa shape index (κ2) is 10.0. The summed E-state index contributed by atoms with van der Waals surface area (Å²) in [4.78, 5) is 0. The highest BCUT2D eigenvalue weighted by molar-refractivity contribution is 6.30. The Balaban J connectivity index is 1.28. The molecule has 10 aromatic carbocycles. The molecule has 49 heavy (non-hydrogen) atoms. The van der Waals surface area contributed by atoms with Gasteiger partial charge in [-0.1, -0.05) is 146 Å². The predicted octanol–water partition coefficient (Wildman–Crippen LogP) is 13.8. The third-order valence-corrected chi connectivity index (χ3v) is 10.6. The van der Waals surface area contributed by atoms with E-state index in [4.69, 9.17) is 4.42 Å². The highest BCUT2D eigenvalue weighted by Crippen LogP contribution is 2.50. The van der Waals surface area contributed by atoms with Gasteiger partial charge < -0.3 is 4.42 Å². The van der Waals surface area contributed by atoms with Gasteiger partial charge >= 0.3 is 0 Å². The topological polar surface area (TPSA) is 13.1 Å². The summed E-state index contributed by atoms with van der Waals surface area (Å²) in [6, 6.07) is 62.2. The first-order valence-electron chi connectivity index (χ1n) is 16.9. The van der Waals surface area contributed by atoms with E-state index in [0.717, 1.165) is 11.2 Å². The van der Waals surface area contributed by atoms with Gasteiger partial charge in [0.2, 0.25) is 0 Å². The third kappa shape index (κ3) is 3.70. The summed E-state index contributed by atoms with van der Waals surface area (Å²) in [5.74, 6) is 0. The Labute approximate surface area is 282 Å². The van der Waals surface area contributed by atoms with E-state index in [0.29, 0.717) is 0 Å². The van der Waals surface area contributed by atoms with Crippen LogP contribution in [0.2, 0.25) is 0 Å². The van der Waals surface area contributed by atoms with Crippen molar-refractivity contribution in [2.24, 2.45) is 0 Å². The molecule has 0 radical (unpaired) electrons. The predicted molar refractivity (Wildman–Crippen MR) is 209 cm³/mol. The Bertz CT molecular complexity index is 3050. The molecule has 0 unspecified atom stereocenters. The van der Waals surface area contributed by atoms with E-state index >= 15 is 0 Å². The molecule has 0 atom stereocenters. The first-order chi connectivity index (χ1) is 24.3. The zero-order chi connectivity index (χ0) is 32.1. The number of rotatable bonds is 3. The summed E-state index contributed by atoms with van der Waals surface area (Å²) in [7, 11) is 0. The summed E-state index contributed by atoms with van der Waals surface area (Å²) in [5.41, 5.74) is 9.38. The van der Waals surface area contributed by atoms with Crippen molar-refractivity contribution in [3.63, 3.8) is 0 Å². The van der Waals surface area contributed by atoms with Crippen molar-refractivity contribution in [1.82, 2.24) is 0 Å². The maximum Gasteiger partial charge on any atom is 0.136 e. The van der Waals surface area contributed by atoms with Crippen LogP contribution < -0.4 is 0 Å². The van der Waals surface area contributed by atoms with Gasteiger partial charge in [0, 0.05) is 10.8 Å². The molecule has 11 rings (SSSR count). The van der Waals surface area contributed by atoms with Gasteiger partial charge in [0.1, 0.15) is 11.2 Å².